The Kier molecular flexibility index (Phi) is 3.73. The fourth-order valence-corrected chi connectivity index (χ4v) is 5.05. The van der Waals surface area contributed by atoms with Crippen molar-refractivity contribution >= 4 is 23.3 Å². The van der Waals surface area contributed by atoms with Crippen LogP contribution in [0.5, 0.6) is 0 Å². The normalized spacial score (nSPS) is 22.3. The highest BCUT2D eigenvalue weighted by Gasteiger charge is 2.44. The third kappa shape index (κ3) is 2.46. The largest absolute Gasteiger partial charge is 0.478 e. The third-order valence-electron chi connectivity index (χ3n) is 5.90. The van der Waals surface area contributed by atoms with Gasteiger partial charge in [0.15, 0.2) is 0 Å². The maximum Gasteiger partial charge on any atom is 0.337 e. The smallest absolute Gasteiger partial charge is 0.337 e. The molecule has 0 amide bonds. The molecule has 0 radical (unpaired) electrons. The molecule has 0 aromatic heterocycles. The van der Waals surface area contributed by atoms with Gasteiger partial charge in [-0.15, -0.1) is 0 Å². The number of carboxylic acids is 1. The van der Waals surface area contributed by atoms with Crippen molar-refractivity contribution in [1.29, 1.82) is 0 Å². The summed E-state index contributed by atoms with van der Waals surface area (Å²) in [6.07, 6.45) is 0.945. The molecule has 0 unspecified atom stereocenters. The van der Waals surface area contributed by atoms with Crippen molar-refractivity contribution in [3.05, 3.63) is 99.6 Å². The average Bonchev–Trinajstić information content (AvgIpc) is 3.07. The van der Waals surface area contributed by atoms with E-state index in [-0.39, 0.29) is 12.0 Å². The predicted molar refractivity (Wildman–Crippen MR) is 107 cm³/mol. The summed E-state index contributed by atoms with van der Waals surface area (Å²) in [5, 5.41) is 14.0. The molecule has 3 atom stereocenters. The van der Waals surface area contributed by atoms with Crippen molar-refractivity contribution in [2.75, 3.05) is 5.32 Å². The Balaban J connectivity index is 1.75. The summed E-state index contributed by atoms with van der Waals surface area (Å²) in [5.74, 6) is -0.459. The van der Waals surface area contributed by atoms with E-state index in [1.54, 1.807) is 6.07 Å². The van der Waals surface area contributed by atoms with Gasteiger partial charge in [0.2, 0.25) is 0 Å². The second-order valence-corrected chi connectivity index (χ2v) is 7.67. The van der Waals surface area contributed by atoms with Gasteiger partial charge >= 0.3 is 5.97 Å². The molecular formula is C23H18ClNO2. The third-order valence-corrected chi connectivity index (χ3v) is 6.25. The first-order valence-electron chi connectivity index (χ1n) is 9.10. The Morgan fingerprint density at radius 3 is 2.41 bits per heavy atom. The molecule has 3 aromatic carbocycles. The van der Waals surface area contributed by atoms with Crippen LogP contribution < -0.4 is 5.32 Å². The Hall–Kier alpha value is -2.78. The van der Waals surface area contributed by atoms with Gasteiger partial charge < -0.3 is 10.4 Å². The van der Waals surface area contributed by atoms with E-state index in [0.29, 0.717) is 22.2 Å². The van der Waals surface area contributed by atoms with Crippen LogP contribution in [0.4, 0.5) is 5.69 Å². The van der Waals surface area contributed by atoms with Gasteiger partial charge in [0.25, 0.3) is 0 Å². The van der Waals surface area contributed by atoms with E-state index in [9.17, 15) is 9.90 Å². The van der Waals surface area contributed by atoms with Gasteiger partial charge in [-0.2, -0.15) is 0 Å². The zero-order valence-electron chi connectivity index (χ0n) is 14.5. The summed E-state index contributed by atoms with van der Waals surface area (Å²) in [4.78, 5) is 11.9. The van der Waals surface area contributed by atoms with Crippen molar-refractivity contribution in [3.8, 4) is 0 Å². The number of rotatable bonds is 2. The Morgan fingerprint density at radius 1 is 0.926 bits per heavy atom. The average molecular weight is 376 g/mol. The van der Waals surface area contributed by atoms with Crippen LogP contribution in [0.15, 0.2) is 66.7 Å². The first kappa shape index (κ1) is 16.4. The van der Waals surface area contributed by atoms with Crippen molar-refractivity contribution in [1.82, 2.24) is 0 Å². The first-order chi connectivity index (χ1) is 13.1. The zero-order valence-corrected chi connectivity index (χ0v) is 15.3. The van der Waals surface area contributed by atoms with E-state index in [4.69, 9.17) is 11.6 Å². The van der Waals surface area contributed by atoms with E-state index in [2.05, 4.69) is 35.6 Å². The van der Waals surface area contributed by atoms with E-state index >= 15 is 0 Å². The molecular weight excluding hydrogens is 358 g/mol. The molecule has 2 aliphatic rings. The van der Waals surface area contributed by atoms with Gasteiger partial charge in [0, 0.05) is 10.9 Å². The molecule has 3 nitrogen and oxygen atoms in total. The maximum absolute atomic E-state index is 11.9. The highest BCUT2D eigenvalue weighted by molar-refractivity contribution is 6.31. The molecule has 0 fully saturated rings. The van der Waals surface area contributed by atoms with Gasteiger partial charge in [-0.1, -0.05) is 66.2 Å². The first-order valence-corrected chi connectivity index (χ1v) is 9.48. The van der Waals surface area contributed by atoms with E-state index in [1.807, 2.05) is 30.3 Å². The molecule has 4 heteroatoms. The second-order valence-electron chi connectivity index (χ2n) is 7.26. The van der Waals surface area contributed by atoms with E-state index in [0.717, 1.165) is 17.5 Å². The van der Waals surface area contributed by atoms with Crippen LogP contribution >= 0.6 is 11.6 Å². The molecule has 0 saturated heterocycles. The van der Waals surface area contributed by atoms with Crippen molar-refractivity contribution in [2.45, 2.75) is 18.4 Å². The van der Waals surface area contributed by atoms with Gasteiger partial charge in [-0.25, -0.2) is 4.79 Å². The Labute approximate surface area is 162 Å². The number of aromatic carboxylic acids is 1. The minimum Gasteiger partial charge on any atom is -0.478 e. The summed E-state index contributed by atoms with van der Waals surface area (Å²) in [5.41, 5.74) is 5.74. The maximum atomic E-state index is 11.9. The molecule has 0 saturated carbocycles. The number of nitrogens with one attached hydrogen (secondary N) is 1. The summed E-state index contributed by atoms with van der Waals surface area (Å²) in [7, 11) is 0. The van der Waals surface area contributed by atoms with Crippen molar-refractivity contribution < 1.29 is 9.90 Å². The lowest BCUT2D eigenvalue weighted by Crippen LogP contribution is -2.31. The van der Waals surface area contributed by atoms with Crippen LogP contribution in [-0.4, -0.2) is 11.1 Å². The monoisotopic (exact) mass is 375 g/mol. The fourth-order valence-electron chi connectivity index (χ4n) is 4.80. The van der Waals surface area contributed by atoms with Crippen LogP contribution in [0, 0.1) is 5.92 Å². The lowest BCUT2D eigenvalue weighted by molar-refractivity contribution is 0.0697. The molecule has 0 bridgehead atoms. The molecule has 5 rings (SSSR count). The topological polar surface area (TPSA) is 49.3 Å². The highest BCUT2D eigenvalue weighted by atomic mass is 35.5. The molecule has 1 aliphatic carbocycles. The molecule has 1 aliphatic heterocycles. The number of halogens is 1. The highest BCUT2D eigenvalue weighted by Crippen LogP contribution is 2.55. The van der Waals surface area contributed by atoms with E-state index in [1.165, 1.54) is 11.1 Å². The zero-order chi connectivity index (χ0) is 18.5. The van der Waals surface area contributed by atoms with Crippen molar-refractivity contribution in [2.24, 2.45) is 5.92 Å². The Morgan fingerprint density at radius 2 is 1.63 bits per heavy atom. The molecule has 3 aromatic rings. The summed E-state index contributed by atoms with van der Waals surface area (Å²) in [6, 6.07) is 21.9. The lowest BCUT2D eigenvalue weighted by Gasteiger charge is -2.38. The number of hydrogen-bond donors (Lipinski definition) is 2. The number of anilines is 1. The van der Waals surface area contributed by atoms with Crippen LogP contribution in [0.1, 0.15) is 44.6 Å². The Bertz CT molecular complexity index is 1060. The number of carbonyl (C=O) groups is 1. The number of para-hydroxylation sites is 1. The lowest BCUT2D eigenvalue weighted by atomic mass is 9.75. The quantitative estimate of drug-likeness (QED) is 0.621. The number of benzene rings is 3. The number of fused-ring (bicyclic) bond motifs is 5. The van der Waals surface area contributed by atoms with Gasteiger partial charge in [-0.3, -0.25) is 0 Å². The fraction of sp³-hybridized carbons (Fsp3) is 0.174. The molecule has 0 spiro atoms. The molecule has 2 N–H and O–H groups in total. The van der Waals surface area contributed by atoms with Crippen LogP contribution in [-0.2, 0) is 6.42 Å². The predicted octanol–water partition coefficient (Wildman–Crippen LogP) is 5.51. The van der Waals surface area contributed by atoms with Crippen LogP contribution in [0.3, 0.4) is 0 Å². The van der Waals surface area contributed by atoms with Crippen LogP contribution in [0.2, 0.25) is 5.02 Å². The summed E-state index contributed by atoms with van der Waals surface area (Å²) < 4.78 is 0. The molecule has 27 heavy (non-hydrogen) atoms. The number of hydrogen-bond acceptors (Lipinski definition) is 2. The van der Waals surface area contributed by atoms with Crippen molar-refractivity contribution in [3.63, 3.8) is 0 Å². The minimum atomic E-state index is -0.915. The summed E-state index contributed by atoms with van der Waals surface area (Å²) in [6.45, 7) is 0. The second kappa shape index (κ2) is 6.14. The van der Waals surface area contributed by atoms with Gasteiger partial charge in [0.1, 0.15) is 0 Å². The molecule has 134 valence electrons. The SMILES string of the molecule is O=C(O)c1cccc2c1N[C@H](c1ccccc1Cl)[C@H]1Cc3ccccc3[C@H]21. The molecule has 1 heterocycles. The van der Waals surface area contributed by atoms with Gasteiger partial charge in [-0.05, 0) is 46.7 Å². The minimum absolute atomic E-state index is 0.0379. The standard InChI is InChI=1S/C23H18ClNO2/c24-19-11-4-3-8-15(19)21-18-12-13-6-1-2-7-14(13)20(18)16-9-5-10-17(23(26)27)22(16)25-21/h1-11,18,20-21,25H,12H2,(H,26,27)/t18-,20+,21+/m0/s1. The summed E-state index contributed by atoms with van der Waals surface area (Å²) >= 11 is 6.53. The van der Waals surface area contributed by atoms with Gasteiger partial charge in [0.05, 0.1) is 17.3 Å². The van der Waals surface area contributed by atoms with E-state index < -0.39 is 5.97 Å². The van der Waals surface area contributed by atoms with Crippen LogP contribution in [0.25, 0.3) is 0 Å². The number of carboxylic acid groups (broad SMARTS) is 1.